The lowest BCUT2D eigenvalue weighted by molar-refractivity contribution is 0.0929. The van der Waals surface area contributed by atoms with Gasteiger partial charge in [-0.3, -0.25) is 9.59 Å². The Morgan fingerprint density at radius 1 is 1.09 bits per heavy atom. The van der Waals surface area contributed by atoms with Crippen molar-refractivity contribution >= 4 is 23.2 Å². The maximum atomic E-state index is 12.1. The number of thiophene rings is 1. The van der Waals surface area contributed by atoms with Crippen molar-refractivity contribution in [2.24, 2.45) is 0 Å². The molecule has 2 rings (SSSR count). The standard InChI is InChI=1S/C17H20N2O3S/c1-2-10-22-14-6-3-5-13(12-14)16(20)18-8-9-19-17(21)15-7-4-11-23-15/h3-7,11-12H,2,8-10H2,1H3,(H,18,20)(H,19,21). The summed E-state index contributed by atoms with van der Waals surface area (Å²) in [5, 5.41) is 7.39. The molecule has 0 spiro atoms. The maximum Gasteiger partial charge on any atom is 0.261 e. The molecule has 2 aromatic rings. The van der Waals surface area contributed by atoms with Crippen LogP contribution in [-0.2, 0) is 0 Å². The number of ether oxygens (including phenoxy) is 1. The second-order valence-electron chi connectivity index (χ2n) is 4.87. The van der Waals surface area contributed by atoms with Gasteiger partial charge in [-0.05, 0) is 36.1 Å². The summed E-state index contributed by atoms with van der Waals surface area (Å²) < 4.78 is 5.51. The minimum absolute atomic E-state index is 0.121. The fourth-order valence-corrected chi connectivity index (χ4v) is 2.54. The van der Waals surface area contributed by atoms with Crippen molar-refractivity contribution in [1.29, 1.82) is 0 Å². The topological polar surface area (TPSA) is 67.4 Å². The van der Waals surface area contributed by atoms with Gasteiger partial charge in [0.05, 0.1) is 11.5 Å². The van der Waals surface area contributed by atoms with Crippen molar-refractivity contribution in [2.75, 3.05) is 19.7 Å². The summed E-state index contributed by atoms with van der Waals surface area (Å²) >= 11 is 1.39. The predicted octanol–water partition coefficient (Wildman–Crippen LogP) is 2.70. The van der Waals surface area contributed by atoms with Crippen molar-refractivity contribution in [1.82, 2.24) is 10.6 Å². The van der Waals surface area contributed by atoms with Gasteiger partial charge in [-0.2, -0.15) is 0 Å². The third kappa shape index (κ3) is 5.41. The van der Waals surface area contributed by atoms with E-state index in [9.17, 15) is 9.59 Å². The van der Waals surface area contributed by atoms with Crippen LogP contribution in [0, 0.1) is 0 Å². The van der Waals surface area contributed by atoms with E-state index in [4.69, 9.17) is 4.74 Å². The van der Waals surface area contributed by atoms with Gasteiger partial charge in [0, 0.05) is 18.7 Å². The molecule has 0 saturated carbocycles. The van der Waals surface area contributed by atoms with Gasteiger partial charge in [0.2, 0.25) is 0 Å². The first-order valence-corrected chi connectivity index (χ1v) is 8.41. The highest BCUT2D eigenvalue weighted by atomic mass is 32.1. The molecule has 0 unspecified atom stereocenters. The van der Waals surface area contributed by atoms with E-state index >= 15 is 0 Å². The molecule has 0 aliphatic rings. The first kappa shape index (κ1) is 17.0. The van der Waals surface area contributed by atoms with E-state index in [0.29, 0.717) is 35.9 Å². The Kier molecular flexibility index (Phi) is 6.62. The van der Waals surface area contributed by atoms with Crippen LogP contribution in [0.15, 0.2) is 41.8 Å². The van der Waals surface area contributed by atoms with E-state index in [-0.39, 0.29) is 11.8 Å². The van der Waals surface area contributed by atoms with E-state index < -0.39 is 0 Å². The number of carbonyl (C=O) groups excluding carboxylic acids is 2. The summed E-state index contributed by atoms with van der Waals surface area (Å²) in [6, 6.07) is 10.7. The van der Waals surface area contributed by atoms with Crippen LogP contribution in [-0.4, -0.2) is 31.5 Å². The van der Waals surface area contributed by atoms with Gasteiger partial charge in [0.1, 0.15) is 5.75 Å². The molecule has 0 bridgehead atoms. The second kappa shape index (κ2) is 8.95. The van der Waals surface area contributed by atoms with E-state index in [2.05, 4.69) is 10.6 Å². The van der Waals surface area contributed by atoms with Crippen molar-refractivity contribution < 1.29 is 14.3 Å². The monoisotopic (exact) mass is 332 g/mol. The minimum atomic E-state index is -0.183. The largest absolute Gasteiger partial charge is 0.494 e. The molecule has 1 aromatic carbocycles. The highest BCUT2D eigenvalue weighted by Gasteiger charge is 2.08. The van der Waals surface area contributed by atoms with Crippen molar-refractivity contribution in [3.8, 4) is 5.75 Å². The molecule has 0 saturated heterocycles. The first-order valence-electron chi connectivity index (χ1n) is 7.53. The molecule has 0 radical (unpaired) electrons. The zero-order valence-corrected chi connectivity index (χ0v) is 13.8. The molecule has 1 aromatic heterocycles. The van der Waals surface area contributed by atoms with Gasteiger partial charge in [-0.1, -0.05) is 19.1 Å². The lowest BCUT2D eigenvalue weighted by atomic mass is 10.2. The van der Waals surface area contributed by atoms with Crippen LogP contribution in [0.25, 0.3) is 0 Å². The number of nitrogens with one attached hydrogen (secondary N) is 2. The molecular weight excluding hydrogens is 312 g/mol. The molecular formula is C17H20N2O3S. The summed E-state index contributed by atoms with van der Waals surface area (Å²) in [6.07, 6.45) is 0.917. The van der Waals surface area contributed by atoms with Crippen molar-refractivity contribution in [3.05, 3.63) is 52.2 Å². The average molecular weight is 332 g/mol. The summed E-state index contributed by atoms with van der Waals surface area (Å²) in [5.41, 5.74) is 0.545. The SMILES string of the molecule is CCCOc1cccc(C(=O)NCCNC(=O)c2cccs2)c1. The zero-order valence-electron chi connectivity index (χ0n) is 13.0. The highest BCUT2D eigenvalue weighted by molar-refractivity contribution is 7.12. The Morgan fingerprint density at radius 3 is 2.57 bits per heavy atom. The van der Waals surface area contributed by atoms with Crippen LogP contribution in [0.3, 0.4) is 0 Å². The van der Waals surface area contributed by atoms with Gasteiger partial charge in [0.25, 0.3) is 11.8 Å². The number of rotatable bonds is 8. The number of carbonyl (C=O) groups is 2. The number of benzene rings is 1. The Balaban J connectivity index is 1.75. The molecule has 2 amide bonds. The highest BCUT2D eigenvalue weighted by Crippen LogP contribution is 2.13. The van der Waals surface area contributed by atoms with Crippen LogP contribution < -0.4 is 15.4 Å². The fraction of sp³-hybridized carbons (Fsp3) is 0.294. The summed E-state index contributed by atoms with van der Waals surface area (Å²) in [7, 11) is 0. The van der Waals surface area contributed by atoms with Crippen LogP contribution in [0.2, 0.25) is 0 Å². The van der Waals surface area contributed by atoms with Gasteiger partial charge in [0.15, 0.2) is 0 Å². The fourth-order valence-electron chi connectivity index (χ4n) is 1.90. The van der Waals surface area contributed by atoms with Crippen LogP contribution >= 0.6 is 11.3 Å². The van der Waals surface area contributed by atoms with E-state index in [1.807, 2.05) is 24.4 Å². The van der Waals surface area contributed by atoms with Gasteiger partial charge < -0.3 is 15.4 Å². The smallest absolute Gasteiger partial charge is 0.261 e. The van der Waals surface area contributed by atoms with Crippen LogP contribution in [0.5, 0.6) is 5.75 Å². The van der Waals surface area contributed by atoms with Gasteiger partial charge >= 0.3 is 0 Å². The van der Waals surface area contributed by atoms with E-state index in [1.165, 1.54) is 11.3 Å². The lowest BCUT2D eigenvalue weighted by Gasteiger charge is -2.08. The molecule has 0 aliphatic heterocycles. The second-order valence-corrected chi connectivity index (χ2v) is 5.81. The first-order chi connectivity index (χ1) is 11.2. The van der Waals surface area contributed by atoms with Crippen molar-refractivity contribution in [3.63, 3.8) is 0 Å². The molecule has 6 heteroatoms. The zero-order chi connectivity index (χ0) is 16.5. The lowest BCUT2D eigenvalue weighted by Crippen LogP contribution is -2.34. The normalized spacial score (nSPS) is 10.1. The number of hydrogen-bond donors (Lipinski definition) is 2. The molecule has 122 valence electrons. The van der Waals surface area contributed by atoms with Gasteiger partial charge in [-0.25, -0.2) is 0 Å². The minimum Gasteiger partial charge on any atom is -0.494 e. The van der Waals surface area contributed by atoms with E-state index in [0.717, 1.165) is 6.42 Å². The average Bonchev–Trinajstić information content (AvgIpc) is 3.11. The van der Waals surface area contributed by atoms with Crippen molar-refractivity contribution in [2.45, 2.75) is 13.3 Å². The van der Waals surface area contributed by atoms with E-state index in [1.54, 1.807) is 24.3 Å². The molecule has 5 nitrogen and oxygen atoms in total. The quantitative estimate of drug-likeness (QED) is 0.730. The summed E-state index contributed by atoms with van der Waals surface area (Å²) in [5.74, 6) is 0.382. The number of hydrogen-bond acceptors (Lipinski definition) is 4. The van der Waals surface area contributed by atoms with Crippen LogP contribution in [0.1, 0.15) is 33.4 Å². The Hall–Kier alpha value is -2.34. The molecule has 1 heterocycles. The van der Waals surface area contributed by atoms with Gasteiger partial charge in [-0.15, -0.1) is 11.3 Å². The maximum absolute atomic E-state index is 12.1. The summed E-state index contributed by atoms with van der Waals surface area (Å²) in [6.45, 7) is 3.41. The molecule has 0 aliphatic carbocycles. The molecule has 0 atom stereocenters. The summed E-state index contributed by atoms with van der Waals surface area (Å²) in [4.78, 5) is 24.5. The molecule has 2 N–H and O–H groups in total. The Labute approximate surface area is 139 Å². The third-order valence-corrected chi connectivity index (χ3v) is 3.88. The van der Waals surface area contributed by atoms with Crippen LogP contribution in [0.4, 0.5) is 0 Å². The Morgan fingerprint density at radius 2 is 1.87 bits per heavy atom. The number of amides is 2. The predicted molar refractivity (Wildman–Crippen MR) is 91.2 cm³/mol. The molecule has 0 fully saturated rings. The molecule has 23 heavy (non-hydrogen) atoms. The Bertz CT molecular complexity index is 641. The third-order valence-electron chi connectivity index (χ3n) is 3.01.